The van der Waals surface area contributed by atoms with E-state index in [1.54, 1.807) is 42.4 Å². The number of fused-ring (bicyclic) bond motifs is 1. The Labute approximate surface area is 264 Å². The number of halogens is 2. The Kier molecular flexibility index (Phi) is 9.62. The van der Waals surface area contributed by atoms with Gasteiger partial charge >= 0.3 is 10.2 Å². The second-order valence-corrected chi connectivity index (χ2v) is 12.3. The number of carbonyl (C=O) groups is 2. The third-order valence-corrected chi connectivity index (χ3v) is 9.36. The summed E-state index contributed by atoms with van der Waals surface area (Å²) in [4.78, 5) is 41.5. The molecule has 1 saturated heterocycles. The molecule has 244 valence electrons. The van der Waals surface area contributed by atoms with E-state index >= 15 is 4.39 Å². The van der Waals surface area contributed by atoms with Crippen LogP contribution in [0.4, 0.5) is 20.3 Å². The number of H-pyrrole nitrogens is 1. The highest BCUT2D eigenvalue weighted by Crippen LogP contribution is 2.30. The molecule has 1 amide bonds. The van der Waals surface area contributed by atoms with E-state index in [-0.39, 0.29) is 24.6 Å². The summed E-state index contributed by atoms with van der Waals surface area (Å²) in [5, 5.41) is 0.300. The van der Waals surface area contributed by atoms with Gasteiger partial charge in [0.05, 0.1) is 24.3 Å². The van der Waals surface area contributed by atoms with Gasteiger partial charge in [-0.2, -0.15) is 12.7 Å². The van der Waals surface area contributed by atoms with E-state index in [1.807, 2.05) is 4.90 Å². The van der Waals surface area contributed by atoms with Crippen LogP contribution in [0.5, 0.6) is 0 Å². The van der Waals surface area contributed by atoms with Crippen LogP contribution in [0.15, 0.2) is 48.9 Å². The van der Waals surface area contributed by atoms with E-state index in [1.165, 1.54) is 27.5 Å². The number of rotatable bonds is 12. The van der Waals surface area contributed by atoms with Crippen molar-refractivity contribution < 1.29 is 36.3 Å². The Morgan fingerprint density at radius 1 is 1.11 bits per heavy atom. The summed E-state index contributed by atoms with van der Waals surface area (Å²) in [5.41, 5.74) is 0.00626. The zero-order chi connectivity index (χ0) is 33.2. The minimum Gasteiger partial charge on any atom is -0.354 e. The fourth-order valence-corrected chi connectivity index (χ4v) is 5.91. The SMILES string of the molecule is CCN(C)S(=O)(=O)Nc1ccc(F)c(C(=O)c2c[nH]c3ncc(-c4ccc(N5CCN(CC(OC)OC)C(=O)C5)nc4)cc23)c1F. The Morgan fingerprint density at radius 3 is 2.50 bits per heavy atom. The van der Waals surface area contributed by atoms with Crippen molar-refractivity contribution in [3.63, 3.8) is 0 Å². The number of aromatic amines is 1. The van der Waals surface area contributed by atoms with Crippen molar-refractivity contribution in [3.8, 4) is 11.1 Å². The van der Waals surface area contributed by atoms with Crippen LogP contribution < -0.4 is 9.62 Å². The second kappa shape index (κ2) is 13.5. The van der Waals surface area contributed by atoms with E-state index in [9.17, 15) is 22.4 Å². The highest BCUT2D eigenvalue weighted by molar-refractivity contribution is 7.90. The molecule has 0 bridgehead atoms. The molecule has 0 saturated carbocycles. The van der Waals surface area contributed by atoms with Crippen molar-refractivity contribution in [2.75, 3.05) is 63.6 Å². The van der Waals surface area contributed by atoms with Crippen LogP contribution >= 0.6 is 0 Å². The van der Waals surface area contributed by atoms with Gasteiger partial charge in [-0.25, -0.2) is 18.7 Å². The summed E-state index contributed by atoms with van der Waals surface area (Å²) in [6.07, 6.45) is 3.96. The molecule has 5 rings (SSSR count). The predicted octanol–water partition coefficient (Wildman–Crippen LogP) is 3.01. The van der Waals surface area contributed by atoms with E-state index in [0.717, 1.165) is 16.4 Å². The molecular formula is C30H33F2N7O6S. The lowest BCUT2D eigenvalue weighted by molar-refractivity contribution is -0.145. The molecule has 0 aliphatic carbocycles. The molecule has 0 unspecified atom stereocenters. The summed E-state index contributed by atoms with van der Waals surface area (Å²) < 4.78 is 68.6. The van der Waals surface area contributed by atoms with E-state index in [0.29, 0.717) is 47.6 Å². The van der Waals surface area contributed by atoms with E-state index < -0.39 is 45.2 Å². The fourth-order valence-electron chi connectivity index (χ4n) is 4.98. The third-order valence-electron chi connectivity index (χ3n) is 7.81. The van der Waals surface area contributed by atoms with Crippen molar-refractivity contribution >= 4 is 44.4 Å². The highest BCUT2D eigenvalue weighted by atomic mass is 32.2. The minimum absolute atomic E-state index is 0.0574. The number of anilines is 2. The summed E-state index contributed by atoms with van der Waals surface area (Å²) in [6.45, 7) is 3.19. The van der Waals surface area contributed by atoms with Gasteiger partial charge in [-0.3, -0.25) is 14.3 Å². The van der Waals surface area contributed by atoms with Gasteiger partial charge in [0.2, 0.25) is 11.7 Å². The van der Waals surface area contributed by atoms with Gasteiger partial charge in [-0.1, -0.05) is 6.92 Å². The maximum Gasteiger partial charge on any atom is 0.301 e. The minimum atomic E-state index is -4.13. The quantitative estimate of drug-likeness (QED) is 0.173. The first-order valence-corrected chi connectivity index (χ1v) is 15.7. The lowest BCUT2D eigenvalue weighted by Crippen LogP contribution is -2.53. The highest BCUT2D eigenvalue weighted by Gasteiger charge is 2.28. The van der Waals surface area contributed by atoms with Crippen LogP contribution in [0.25, 0.3) is 22.2 Å². The van der Waals surface area contributed by atoms with Crippen LogP contribution in [0, 0.1) is 11.6 Å². The molecule has 1 aliphatic heterocycles. The second-order valence-electron chi connectivity index (χ2n) is 10.5. The smallest absolute Gasteiger partial charge is 0.301 e. The van der Waals surface area contributed by atoms with Crippen LogP contribution in [0.1, 0.15) is 22.8 Å². The molecule has 0 radical (unpaired) electrons. The Hall–Kier alpha value is -4.51. The number of ether oxygens (including phenoxy) is 2. The van der Waals surface area contributed by atoms with Gasteiger partial charge in [0.1, 0.15) is 17.3 Å². The van der Waals surface area contributed by atoms with E-state index in [2.05, 4.69) is 19.7 Å². The summed E-state index contributed by atoms with van der Waals surface area (Å²) >= 11 is 0. The van der Waals surface area contributed by atoms with Crippen LogP contribution in [0.2, 0.25) is 0 Å². The topological polar surface area (TPSA) is 150 Å². The molecule has 16 heteroatoms. The number of ketones is 1. The van der Waals surface area contributed by atoms with Crippen molar-refractivity contribution in [2.24, 2.45) is 0 Å². The first-order chi connectivity index (χ1) is 22.0. The summed E-state index contributed by atoms with van der Waals surface area (Å²) in [7, 11) is 0.193. The lowest BCUT2D eigenvalue weighted by atomic mass is 10.00. The average Bonchev–Trinajstić information content (AvgIpc) is 3.48. The predicted molar refractivity (Wildman–Crippen MR) is 167 cm³/mol. The molecule has 1 aromatic carbocycles. The molecule has 1 aliphatic rings. The molecule has 46 heavy (non-hydrogen) atoms. The largest absolute Gasteiger partial charge is 0.354 e. The molecular weight excluding hydrogens is 624 g/mol. The van der Waals surface area contributed by atoms with Crippen molar-refractivity contribution in [1.29, 1.82) is 0 Å². The van der Waals surface area contributed by atoms with Gasteiger partial charge in [-0.05, 0) is 30.3 Å². The van der Waals surface area contributed by atoms with Crippen LogP contribution in [-0.4, -0.2) is 105 Å². The van der Waals surface area contributed by atoms with Gasteiger partial charge < -0.3 is 24.3 Å². The molecule has 4 aromatic rings. The Bertz CT molecular complexity index is 1870. The summed E-state index contributed by atoms with van der Waals surface area (Å²) in [5.74, 6) is -2.97. The molecule has 0 spiro atoms. The zero-order valence-electron chi connectivity index (χ0n) is 25.6. The molecule has 13 nitrogen and oxygen atoms in total. The normalized spacial score (nSPS) is 14.1. The number of aromatic nitrogens is 3. The monoisotopic (exact) mass is 657 g/mol. The third kappa shape index (κ3) is 6.55. The number of nitrogens with zero attached hydrogens (tertiary/aromatic N) is 5. The molecule has 2 N–H and O–H groups in total. The number of pyridine rings is 2. The average molecular weight is 658 g/mol. The number of methoxy groups -OCH3 is 2. The fraction of sp³-hybridized carbons (Fsp3) is 0.333. The molecule has 3 aromatic heterocycles. The van der Waals surface area contributed by atoms with Crippen LogP contribution in [-0.2, 0) is 24.5 Å². The van der Waals surface area contributed by atoms with Crippen LogP contribution in [0.3, 0.4) is 0 Å². The first-order valence-electron chi connectivity index (χ1n) is 14.3. The summed E-state index contributed by atoms with van der Waals surface area (Å²) in [6, 6.07) is 6.96. The lowest BCUT2D eigenvalue weighted by Gasteiger charge is -2.36. The zero-order valence-corrected chi connectivity index (χ0v) is 26.4. The van der Waals surface area contributed by atoms with Crippen molar-refractivity contribution in [2.45, 2.75) is 13.2 Å². The Balaban J connectivity index is 1.37. The Morgan fingerprint density at radius 2 is 1.85 bits per heavy atom. The molecule has 0 atom stereocenters. The maximum atomic E-state index is 15.5. The first kappa shape index (κ1) is 32.9. The van der Waals surface area contributed by atoms with Gasteiger partial charge in [0.15, 0.2) is 12.1 Å². The number of hydrogen-bond acceptors (Lipinski definition) is 9. The van der Waals surface area contributed by atoms with Crippen molar-refractivity contribution in [3.05, 3.63) is 71.7 Å². The number of carbonyl (C=O) groups excluding carboxylic acids is 2. The van der Waals surface area contributed by atoms with Crippen molar-refractivity contribution in [1.82, 2.24) is 24.2 Å². The number of amides is 1. The number of hydrogen-bond donors (Lipinski definition) is 2. The van der Waals surface area contributed by atoms with Gasteiger partial charge in [0.25, 0.3) is 0 Å². The molecule has 1 fully saturated rings. The molecule has 4 heterocycles. The van der Waals surface area contributed by atoms with Gasteiger partial charge in [0, 0.05) is 81.6 Å². The van der Waals surface area contributed by atoms with E-state index in [4.69, 9.17) is 9.47 Å². The number of nitrogens with one attached hydrogen (secondary N) is 2. The van der Waals surface area contributed by atoms with Gasteiger partial charge in [-0.15, -0.1) is 0 Å². The number of piperazine rings is 1. The maximum absolute atomic E-state index is 15.5. The number of benzene rings is 1. The standard InChI is InChI=1S/C30H33F2N7O6S/c1-5-37(2)46(42,43)36-23-8-7-22(31)27(28(23)32)29(41)21-15-35-30-20(21)12-19(14-34-30)18-6-9-24(33-13-18)38-10-11-39(25(40)16-38)17-26(44-3)45-4/h6-9,12-15,26,36H,5,10-11,16-17H2,1-4H3,(H,34,35).